The van der Waals surface area contributed by atoms with Gasteiger partial charge in [0.15, 0.2) is 0 Å². The summed E-state index contributed by atoms with van der Waals surface area (Å²) in [4.78, 5) is 35.5. The molecule has 3 aromatic rings. The summed E-state index contributed by atoms with van der Waals surface area (Å²) in [5.41, 5.74) is 3.68. The summed E-state index contributed by atoms with van der Waals surface area (Å²) in [6.07, 6.45) is 3.75. The second-order valence-electron chi connectivity index (χ2n) is 8.13. The van der Waals surface area contributed by atoms with Crippen molar-refractivity contribution in [3.05, 3.63) is 63.9 Å². The molecular weight excluding hydrogens is 412 g/mol. The number of nitrogens with zero attached hydrogens (tertiary/aromatic N) is 2. The monoisotopic (exact) mass is 438 g/mol. The maximum absolute atomic E-state index is 13.0. The van der Waals surface area contributed by atoms with Crippen molar-refractivity contribution in [3.8, 4) is 0 Å². The van der Waals surface area contributed by atoms with Gasteiger partial charge in [-0.1, -0.05) is 24.9 Å². The second kappa shape index (κ2) is 9.10. The fraction of sp³-hybridized carbons (Fsp3) is 0.375. The zero-order valence-corrected chi connectivity index (χ0v) is 18.6. The number of benzene rings is 2. The van der Waals surface area contributed by atoms with E-state index in [9.17, 15) is 9.59 Å². The number of aromatic amines is 1. The Kier molecular flexibility index (Phi) is 6.28. The Labute approximate surface area is 187 Å². The molecular formula is C24H27ClN4O2. The zero-order chi connectivity index (χ0) is 22.0. The van der Waals surface area contributed by atoms with E-state index in [4.69, 9.17) is 11.6 Å². The largest absolute Gasteiger partial charge is 0.342 e. The van der Waals surface area contributed by atoms with Crippen LogP contribution in [0.15, 0.2) is 36.4 Å². The number of aryl methyl sites for hydroxylation is 1. The molecule has 2 heterocycles. The SMILES string of the molecule is CCC[C@H](NC(=O)c1ccc(C(=O)N2CCCC2)c(C)c1)c1nc2ccc(Cl)cc2[nH]1. The molecule has 0 bridgehead atoms. The van der Waals surface area contributed by atoms with E-state index in [1.54, 1.807) is 24.3 Å². The number of rotatable bonds is 6. The molecule has 31 heavy (non-hydrogen) atoms. The van der Waals surface area contributed by atoms with Crippen LogP contribution in [0.3, 0.4) is 0 Å². The molecule has 6 nitrogen and oxygen atoms in total. The van der Waals surface area contributed by atoms with Crippen molar-refractivity contribution >= 4 is 34.4 Å². The molecule has 1 fully saturated rings. The Balaban J connectivity index is 1.53. The molecule has 0 aliphatic carbocycles. The van der Waals surface area contributed by atoms with Gasteiger partial charge in [-0.2, -0.15) is 0 Å². The number of carbonyl (C=O) groups excluding carboxylic acids is 2. The van der Waals surface area contributed by atoms with Gasteiger partial charge in [-0.25, -0.2) is 4.98 Å². The molecule has 1 aromatic heterocycles. The van der Waals surface area contributed by atoms with Gasteiger partial charge < -0.3 is 15.2 Å². The fourth-order valence-corrected chi connectivity index (χ4v) is 4.28. The van der Waals surface area contributed by atoms with Gasteiger partial charge in [0.2, 0.25) is 0 Å². The van der Waals surface area contributed by atoms with E-state index in [0.29, 0.717) is 22.0 Å². The maximum atomic E-state index is 13.0. The Morgan fingerprint density at radius 3 is 2.68 bits per heavy atom. The summed E-state index contributed by atoms with van der Waals surface area (Å²) in [6.45, 7) is 5.57. The van der Waals surface area contributed by atoms with Gasteiger partial charge in [-0.05, 0) is 68.1 Å². The molecule has 1 aliphatic rings. The normalized spacial score (nSPS) is 14.7. The van der Waals surface area contributed by atoms with Crippen molar-refractivity contribution in [2.24, 2.45) is 0 Å². The summed E-state index contributed by atoms with van der Waals surface area (Å²) in [6, 6.07) is 10.5. The lowest BCUT2D eigenvalue weighted by Crippen LogP contribution is -2.30. The molecule has 1 atom stereocenters. The number of halogens is 1. The lowest BCUT2D eigenvalue weighted by Gasteiger charge is -2.18. The first kappa shape index (κ1) is 21.4. The molecule has 2 aromatic carbocycles. The molecule has 2 N–H and O–H groups in total. The van der Waals surface area contributed by atoms with Crippen molar-refractivity contribution in [1.82, 2.24) is 20.2 Å². The van der Waals surface area contributed by atoms with Crippen LogP contribution in [0.4, 0.5) is 0 Å². The van der Waals surface area contributed by atoms with Crippen LogP contribution in [0.5, 0.6) is 0 Å². The predicted octanol–water partition coefficient (Wildman–Crippen LogP) is 5.03. The smallest absolute Gasteiger partial charge is 0.254 e. The Morgan fingerprint density at radius 2 is 1.97 bits per heavy atom. The fourth-order valence-electron chi connectivity index (χ4n) is 4.11. The van der Waals surface area contributed by atoms with Gasteiger partial charge in [0.25, 0.3) is 11.8 Å². The lowest BCUT2D eigenvalue weighted by atomic mass is 10.0. The third kappa shape index (κ3) is 4.59. The van der Waals surface area contributed by atoms with Crippen LogP contribution >= 0.6 is 11.6 Å². The molecule has 0 radical (unpaired) electrons. The second-order valence-corrected chi connectivity index (χ2v) is 8.56. The number of imidazole rings is 1. The van der Waals surface area contributed by atoms with Crippen LogP contribution in [-0.2, 0) is 0 Å². The first-order chi connectivity index (χ1) is 15.0. The first-order valence-corrected chi connectivity index (χ1v) is 11.2. The van der Waals surface area contributed by atoms with Gasteiger partial charge in [0.05, 0.1) is 17.1 Å². The number of amides is 2. The molecule has 0 unspecified atom stereocenters. The van der Waals surface area contributed by atoms with Crippen LogP contribution < -0.4 is 5.32 Å². The third-order valence-electron chi connectivity index (χ3n) is 5.79. The summed E-state index contributed by atoms with van der Waals surface area (Å²) >= 11 is 6.08. The van der Waals surface area contributed by atoms with E-state index in [2.05, 4.69) is 22.2 Å². The topological polar surface area (TPSA) is 78.1 Å². The first-order valence-electron chi connectivity index (χ1n) is 10.8. The minimum Gasteiger partial charge on any atom is -0.342 e. The number of carbonyl (C=O) groups is 2. The highest BCUT2D eigenvalue weighted by molar-refractivity contribution is 6.31. The number of nitrogens with one attached hydrogen (secondary N) is 2. The molecule has 162 valence electrons. The van der Waals surface area contributed by atoms with Gasteiger partial charge >= 0.3 is 0 Å². The Bertz CT molecular complexity index is 1120. The average molecular weight is 439 g/mol. The van der Waals surface area contributed by atoms with Gasteiger partial charge in [0, 0.05) is 29.2 Å². The van der Waals surface area contributed by atoms with E-state index < -0.39 is 0 Å². The molecule has 0 spiro atoms. The zero-order valence-electron chi connectivity index (χ0n) is 17.9. The molecule has 4 rings (SSSR count). The van der Waals surface area contributed by atoms with Crippen LogP contribution in [-0.4, -0.2) is 39.8 Å². The van der Waals surface area contributed by atoms with Crippen LogP contribution in [0.25, 0.3) is 11.0 Å². The number of likely N-dealkylation sites (tertiary alicyclic amines) is 1. The Hall–Kier alpha value is -2.86. The van der Waals surface area contributed by atoms with Crippen LogP contribution in [0.1, 0.15) is 70.8 Å². The lowest BCUT2D eigenvalue weighted by molar-refractivity contribution is 0.0791. The van der Waals surface area contributed by atoms with Gasteiger partial charge in [-0.15, -0.1) is 0 Å². The number of aromatic nitrogens is 2. The maximum Gasteiger partial charge on any atom is 0.254 e. The number of H-pyrrole nitrogens is 1. The minimum absolute atomic E-state index is 0.0479. The van der Waals surface area contributed by atoms with Gasteiger partial charge in [-0.3, -0.25) is 9.59 Å². The molecule has 0 saturated carbocycles. The quantitative estimate of drug-likeness (QED) is 0.566. The summed E-state index contributed by atoms with van der Waals surface area (Å²) in [5, 5.41) is 3.73. The van der Waals surface area contributed by atoms with E-state index in [1.165, 1.54) is 0 Å². The highest BCUT2D eigenvalue weighted by atomic mass is 35.5. The van der Waals surface area contributed by atoms with E-state index in [-0.39, 0.29) is 17.9 Å². The predicted molar refractivity (Wildman–Crippen MR) is 123 cm³/mol. The summed E-state index contributed by atoms with van der Waals surface area (Å²) < 4.78 is 0. The molecule has 7 heteroatoms. The van der Waals surface area contributed by atoms with Crippen molar-refractivity contribution in [2.45, 2.75) is 45.6 Å². The van der Waals surface area contributed by atoms with Crippen molar-refractivity contribution in [3.63, 3.8) is 0 Å². The third-order valence-corrected chi connectivity index (χ3v) is 6.02. The van der Waals surface area contributed by atoms with Crippen LogP contribution in [0.2, 0.25) is 5.02 Å². The number of fused-ring (bicyclic) bond motifs is 1. The highest BCUT2D eigenvalue weighted by Crippen LogP contribution is 2.23. The number of hydrogen-bond acceptors (Lipinski definition) is 3. The summed E-state index contributed by atoms with van der Waals surface area (Å²) in [7, 11) is 0. The van der Waals surface area contributed by atoms with E-state index in [0.717, 1.165) is 55.4 Å². The molecule has 1 saturated heterocycles. The molecule has 2 amide bonds. The standard InChI is InChI=1S/C24H27ClN4O2/c1-3-6-20(22-26-19-10-8-17(25)14-21(19)27-22)28-23(30)16-7-9-18(15(2)13-16)24(31)29-11-4-5-12-29/h7-10,13-14,20H,3-6,11-12H2,1-2H3,(H,26,27)(H,28,30)/t20-/m0/s1. The summed E-state index contributed by atoms with van der Waals surface area (Å²) in [5.74, 6) is 0.581. The van der Waals surface area contributed by atoms with Crippen LogP contribution in [0, 0.1) is 6.92 Å². The van der Waals surface area contributed by atoms with Gasteiger partial charge in [0.1, 0.15) is 5.82 Å². The Morgan fingerprint density at radius 1 is 1.19 bits per heavy atom. The number of hydrogen-bond donors (Lipinski definition) is 2. The highest BCUT2D eigenvalue weighted by Gasteiger charge is 2.23. The van der Waals surface area contributed by atoms with Crippen molar-refractivity contribution < 1.29 is 9.59 Å². The molecule has 1 aliphatic heterocycles. The minimum atomic E-state index is -0.241. The van der Waals surface area contributed by atoms with Crippen molar-refractivity contribution in [1.29, 1.82) is 0 Å². The van der Waals surface area contributed by atoms with E-state index in [1.807, 2.05) is 24.0 Å². The van der Waals surface area contributed by atoms with Crippen molar-refractivity contribution in [2.75, 3.05) is 13.1 Å². The average Bonchev–Trinajstić information content (AvgIpc) is 3.42. The van der Waals surface area contributed by atoms with E-state index >= 15 is 0 Å².